The average molecular weight is 492 g/mol. The van der Waals surface area contributed by atoms with Crippen molar-refractivity contribution in [1.29, 1.82) is 0 Å². The lowest BCUT2D eigenvalue weighted by molar-refractivity contribution is -0.315. The fourth-order valence-corrected chi connectivity index (χ4v) is 4.51. The first kappa shape index (κ1) is 25.3. The van der Waals surface area contributed by atoms with Crippen LogP contribution in [-0.4, -0.2) is 96.1 Å². The minimum absolute atomic E-state index is 0.0428. The van der Waals surface area contributed by atoms with Gasteiger partial charge in [-0.25, -0.2) is 0 Å². The maximum Gasteiger partial charge on any atom is 0.199 e. The molecule has 7 atom stereocenters. The highest BCUT2D eigenvalue weighted by atomic mass is 16.7. The van der Waals surface area contributed by atoms with Gasteiger partial charge in [0.05, 0.1) is 33.5 Å². The number of hydrogen-bond acceptors (Lipinski definition) is 11. The van der Waals surface area contributed by atoms with Crippen LogP contribution >= 0.6 is 0 Å². The predicted molar refractivity (Wildman–Crippen MR) is 119 cm³/mol. The first-order chi connectivity index (χ1) is 16.7. The lowest BCUT2D eigenvalue weighted by Crippen LogP contribution is -2.60. The number of aliphatic hydroxyl groups is 5. The largest absolute Gasteiger partial charge is 0.497 e. The second-order valence-electron chi connectivity index (χ2n) is 8.32. The third-order valence-electron chi connectivity index (χ3n) is 6.45. The molecule has 190 valence electrons. The van der Waals surface area contributed by atoms with Crippen LogP contribution in [0.25, 0.3) is 0 Å². The van der Waals surface area contributed by atoms with Crippen LogP contribution in [0, 0.1) is 0 Å². The van der Waals surface area contributed by atoms with Crippen molar-refractivity contribution < 1.29 is 54.0 Å². The molecule has 5 N–H and O–H groups in total. The molecule has 1 heterocycles. The van der Waals surface area contributed by atoms with E-state index in [-0.39, 0.29) is 22.4 Å². The molecule has 0 bridgehead atoms. The summed E-state index contributed by atoms with van der Waals surface area (Å²) in [5, 5.41) is 52.3. The normalized spacial score (nSPS) is 32.3. The monoisotopic (exact) mass is 492 g/mol. The van der Waals surface area contributed by atoms with Gasteiger partial charge in [-0.1, -0.05) is 12.1 Å². The summed E-state index contributed by atoms with van der Waals surface area (Å²) < 4.78 is 27.2. The lowest BCUT2D eigenvalue weighted by Gasteiger charge is -2.42. The number of ether oxygens (including phenoxy) is 5. The van der Waals surface area contributed by atoms with Gasteiger partial charge in [0.15, 0.2) is 18.2 Å². The molecular weight excluding hydrogens is 464 g/mol. The van der Waals surface area contributed by atoms with Crippen LogP contribution in [-0.2, 0) is 15.1 Å². The van der Waals surface area contributed by atoms with Crippen LogP contribution in [0.3, 0.4) is 0 Å². The van der Waals surface area contributed by atoms with Crippen LogP contribution in [0.2, 0.25) is 0 Å². The molecule has 0 radical (unpaired) electrons. The van der Waals surface area contributed by atoms with E-state index in [9.17, 15) is 30.3 Å². The number of carbonyl (C=O) groups is 1. The van der Waals surface area contributed by atoms with Gasteiger partial charge in [-0.15, -0.1) is 0 Å². The standard InChI is InChI=1S/C24H28O11/c1-31-12-6-4-11(5-7-12)24(30)14-8-13(32-2)9-15(33-3)17(14)19(27)22(24)35-23-21(29)20(28)18(26)16(10-25)34-23/h4-9,16,18,20-23,25-26,28-30H,10H2,1-3H3. The van der Waals surface area contributed by atoms with Gasteiger partial charge in [0.1, 0.15) is 47.3 Å². The average Bonchev–Trinajstić information content (AvgIpc) is 3.10. The smallest absolute Gasteiger partial charge is 0.199 e. The number of ketones is 1. The maximum atomic E-state index is 13.6. The number of methoxy groups -OCH3 is 3. The third-order valence-corrected chi connectivity index (χ3v) is 6.45. The van der Waals surface area contributed by atoms with E-state index in [0.717, 1.165) is 0 Å². The second-order valence-corrected chi connectivity index (χ2v) is 8.32. The zero-order chi connectivity index (χ0) is 25.5. The van der Waals surface area contributed by atoms with Gasteiger partial charge in [-0.05, 0) is 23.8 Å². The Bertz CT molecular complexity index is 1070. The molecule has 7 unspecified atom stereocenters. The highest BCUT2D eigenvalue weighted by Crippen LogP contribution is 2.49. The molecule has 1 saturated heterocycles. The number of rotatable bonds is 7. The van der Waals surface area contributed by atoms with Crippen molar-refractivity contribution in [3.05, 3.63) is 53.1 Å². The van der Waals surface area contributed by atoms with Crippen molar-refractivity contribution in [2.75, 3.05) is 27.9 Å². The van der Waals surface area contributed by atoms with E-state index in [1.165, 1.54) is 33.5 Å². The van der Waals surface area contributed by atoms with Crippen molar-refractivity contribution in [2.24, 2.45) is 0 Å². The molecule has 1 fully saturated rings. The van der Waals surface area contributed by atoms with Gasteiger partial charge in [0.2, 0.25) is 0 Å². The summed E-state index contributed by atoms with van der Waals surface area (Å²) in [5.74, 6) is 0.288. The molecular formula is C24H28O11. The minimum atomic E-state index is -2.10. The van der Waals surface area contributed by atoms with E-state index in [1.54, 1.807) is 24.3 Å². The highest BCUT2D eigenvalue weighted by Gasteiger charge is 2.57. The zero-order valence-corrected chi connectivity index (χ0v) is 19.3. The van der Waals surface area contributed by atoms with Gasteiger partial charge in [0, 0.05) is 11.6 Å². The molecule has 1 aliphatic carbocycles. The summed E-state index contributed by atoms with van der Waals surface area (Å²) in [6.45, 7) is -0.683. The number of fused-ring (bicyclic) bond motifs is 1. The minimum Gasteiger partial charge on any atom is -0.497 e. The Morgan fingerprint density at radius 3 is 2.14 bits per heavy atom. The second kappa shape index (κ2) is 9.70. The Balaban J connectivity index is 1.84. The van der Waals surface area contributed by atoms with Crippen LogP contribution in [0.15, 0.2) is 36.4 Å². The molecule has 0 aromatic heterocycles. The number of Topliss-reactive ketones (excluding diaryl/α,β-unsaturated/α-hetero) is 1. The summed E-state index contributed by atoms with van der Waals surface area (Å²) in [6.07, 6.45) is -9.70. The molecule has 11 heteroatoms. The van der Waals surface area contributed by atoms with Crippen LogP contribution < -0.4 is 14.2 Å². The van der Waals surface area contributed by atoms with Crippen molar-refractivity contribution >= 4 is 5.78 Å². The van der Waals surface area contributed by atoms with Gasteiger partial charge in [-0.3, -0.25) is 4.79 Å². The first-order valence-corrected chi connectivity index (χ1v) is 10.8. The Hall–Kier alpha value is -2.77. The van der Waals surface area contributed by atoms with Gasteiger partial charge in [0.25, 0.3) is 0 Å². The highest BCUT2D eigenvalue weighted by molar-refractivity contribution is 6.08. The number of aliphatic hydroxyl groups excluding tert-OH is 4. The Morgan fingerprint density at radius 2 is 1.57 bits per heavy atom. The van der Waals surface area contributed by atoms with Crippen LogP contribution in [0.1, 0.15) is 21.5 Å². The molecule has 35 heavy (non-hydrogen) atoms. The molecule has 2 aliphatic rings. The molecule has 0 amide bonds. The Kier molecular flexibility index (Phi) is 7.02. The van der Waals surface area contributed by atoms with E-state index in [0.29, 0.717) is 11.5 Å². The van der Waals surface area contributed by atoms with Crippen LogP contribution in [0.4, 0.5) is 0 Å². The van der Waals surface area contributed by atoms with Crippen molar-refractivity contribution in [2.45, 2.75) is 42.4 Å². The maximum absolute atomic E-state index is 13.6. The van der Waals surface area contributed by atoms with Crippen molar-refractivity contribution in [3.63, 3.8) is 0 Å². The third kappa shape index (κ3) is 4.04. The molecule has 2 aromatic rings. The SMILES string of the molecule is COc1ccc(C2(O)c3cc(OC)cc(OC)c3C(=O)C2OC2OC(CO)C(O)C(O)C2O)cc1. The van der Waals surface area contributed by atoms with Crippen molar-refractivity contribution in [3.8, 4) is 17.2 Å². The molecule has 0 spiro atoms. The Labute approximate surface area is 201 Å². The summed E-state index contributed by atoms with van der Waals surface area (Å²) in [5.41, 5.74) is -1.66. The van der Waals surface area contributed by atoms with E-state index in [2.05, 4.69) is 0 Å². The fraction of sp³-hybridized carbons (Fsp3) is 0.458. The molecule has 1 aliphatic heterocycles. The van der Waals surface area contributed by atoms with E-state index in [4.69, 9.17) is 23.7 Å². The Morgan fingerprint density at radius 1 is 0.914 bits per heavy atom. The topological polar surface area (TPSA) is 164 Å². The summed E-state index contributed by atoms with van der Waals surface area (Å²) in [7, 11) is 4.27. The molecule has 11 nitrogen and oxygen atoms in total. The zero-order valence-electron chi connectivity index (χ0n) is 19.3. The van der Waals surface area contributed by atoms with Crippen LogP contribution in [0.5, 0.6) is 17.2 Å². The first-order valence-electron chi connectivity index (χ1n) is 10.8. The van der Waals surface area contributed by atoms with E-state index >= 15 is 0 Å². The van der Waals surface area contributed by atoms with Crippen molar-refractivity contribution in [1.82, 2.24) is 0 Å². The molecule has 2 aromatic carbocycles. The fourth-order valence-electron chi connectivity index (χ4n) is 4.51. The quantitative estimate of drug-likeness (QED) is 0.333. The summed E-state index contributed by atoms with van der Waals surface area (Å²) in [6, 6.07) is 9.27. The van der Waals surface area contributed by atoms with Gasteiger partial charge >= 0.3 is 0 Å². The van der Waals surface area contributed by atoms with Gasteiger partial charge in [-0.2, -0.15) is 0 Å². The van der Waals surface area contributed by atoms with E-state index in [1.807, 2.05) is 0 Å². The molecule has 4 rings (SSSR count). The lowest BCUT2D eigenvalue weighted by atomic mass is 9.85. The van der Waals surface area contributed by atoms with Gasteiger partial charge < -0.3 is 49.2 Å². The number of benzene rings is 2. The van der Waals surface area contributed by atoms with E-state index < -0.39 is 54.8 Å². The number of carbonyl (C=O) groups excluding carboxylic acids is 1. The summed E-state index contributed by atoms with van der Waals surface area (Å²) >= 11 is 0. The summed E-state index contributed by atoms with van der Waals surface area (Å²) in [4.78, 5) is 13.6. The number of hydrogen-bond donors (Lipinski definition) is 5. The predicted octanol–water partition coefficient (Wildman–Crippen LogP) is -0.670. The molecule has 0 saturated carbocycles.